The summed E-state index contributed by atoms with van der Waals surface area (Å²) in [5.74, 6) is -0.0740. The number of allylic oxidation sites excluding steroid dienone is 1. The molecule has 0 saturated carbocycles. The quantitative estimate of drug-likeness (QED) is 0.579. The number of amides is 1. The van der Waals surface area contributed by atoms with Crippen LogP contribution >= 0.6 is 0 Å². The van der Waals surface area contributed by atoms with Crippen molar-refractivity contribution in [1.29, 1.82) is 0 Å². The Morgan fingerprint density at radius 1 is 1.17 bits per heavy atom. The molecule has 0 bridgehead atoms. The summed E-state index contributed by atoms with van der Waals surface area (Å²) < 4.78 is 15.9. The van der Waals surface area contributed by atoms with Crippen LogP contribution in [-0.2, 0) is 34.0 Å². The number of terminal acetylenes is 1. The largest absolute Gasteiger partial charge is 0.462 e. The number of ether oxygens (including phenoxy) is 3. The van der Waals surface area contributed by atoms with Gasteiger partial charge in [0.1, 0.15) is 22.3 Å². The average molecular weight is 410 g/mol. The Balaban J connectivity index is 2.43. The van der Waals surface area contributed by atoms with Crippen molar-refractivity contribution in [1.82, 2.24) is 0 Å². The van der Waals surface area contributed by atoms with Gasteiger partial charge in [-0.05, 0) is 26.8 Å². The molecule has 1 aromatic carbocycles. The van der Waals surface area contributed by atoms with E-state index in [-0.39, 0.29) is 42.5 Å². The highest BCUT2D eigenvalue weighted by Crippen LogP contribution is 2.54. The molecule has 1 amide bonds. The third-order valence-corrected chi connectivity index (χ3v) is 4.98. The van der Waals surface area contributed by atoms with E-state index in [9.17, 15) is 14.4 Å². The Hall–Kier alpha value is -3.73. The van der Waals surface area contributed by atoms with E-state index >= 15 is 0 Å². The standard InChI is InChI=1S/C22H22N2O6/c1-5-12-24-15-11-9-8-10-14(15)22(21(24)27)16(19(25)28-6-2)13(4)30-18(23)17(22)20(26)29-7-3/h1,8-11H,6-7,12,23H2,2-4H3/t22-/m0/s1. The lowest BCUT2D eigenvalue weighted by atomic mass is 9.67. The van der Waals surface area contributed by atoms with E-state index in [4.69, 9.17) is 26.4 Å². The average Bonchev–Trinajstić information content (AvgIpc) is 2.92. The molecule has 8 nitrogen and oxygen atoms in total. The van der Waals surface area contributed by atoms with Crippen molar-refractivity contribution < 1.29 is 28.6 Å². The number of nitrogens with two attached hydrogens (primary N) is 1. The summed E-state index contributed by atoms with van der Waals surface area (Å²) in [6.45, 7) is 4.77. The zero-order chi connectivity index (χ0) is 22.1. The van der Waals surface area contributed by atoms with Gasteiger partial charge in [0, 0.05) is 11.3 Å². The highest BCUT2D eigenvalue weighted by Gasteiger charge is 2.63. The van der Waals surface area contributed by atoms with Gasteiger partial charge in [-0.15, -0.1) is 6.42 Å². The van der Waals surface area contributed by atoms with E-state index in [1.54, 1.807) is 38.1 Å². The lowest BCUT2D eigenvalue weighted by Crippen LogP contribution is -2.51. The second kappa shape index (κ2) is 7.95. The normalized spacial score (nSPS) is 20.1. The van der Waals surface area contributed by atoms with Crippen molar-refractivity contribution in [2.24, 2.45) is 5.73 Å². The SMILES string of the molecule is C#CCN1C(=O)[C@]2(C(C(=O)OCC)=C(C)OC(N)=C2C(=O)OCC)c2ccccc21. The lowest BCUT2D eigenvalue weighted by molar-refractivity contribution is -0.143. The van der Waals surface area contributed by atoms with Crippen molar-refractivity contribution in [3.63, 3.8) is 0 Å². The lowest BCUT2D eigenvalue weighted by Gasteiger charge is -2.36. The predicted octanol–water partition coefficient (Wildman–Crippen LogP) is 1.50. The predicted molar refractivity (Wildman–Crippen MR) is 108 cm³/mol. The highest BCUT2D eigenvalue weighted by atomic mass is 16.5. The maximum absolute atomic E-state index is 13.9. The van der Waals surface area contributed by atoms with Gasteiger partial charge in [0.2, 0.25) is 11.8 Å². The van der Waals surface area contributed by atoms with Gasteiger partial charge in [-0.25, -0.2) is 9.59 Å². The first kappa shape index (κ1) is 21.0. The summed E-state index contributed by atoms with van der Waals surface area (Å²) in [6, 6.07) is 6.76. The Morgan fingerprint density at radius 2 is 1.77 bits per heavy atom. The molecule has 0 unspecified atom stereocenters. The zero-order valence-corrected chi connectivity index (χ0v) is 17.0. The zero-order valence-electron chi connectivity index (χ0n) is 17.0. The van der Waals surface area contributed by atoms with Crippen LogP contribution in [0.25, 0.3) is 0 Å². The number of para-hydroxylation sites is 1. The molecule has 0 aromatic heterocycles. The van der Waals surface area contributed by atoms with Crippen molar-refractivity contribution in [2.45, 2.75) is 26.2 Å². The maximum Gasteiger partial charge on any atom is 0.341 e. The first-order chi connectivity index (χ1) is 14.4. The number of nitrogens with zero attached hydrogens (tertiary/aromatic N) is 1. The van der Waals surface area contributed by atoms with Gasteiger partial charge < -0.3 is 19.9 Å². The minimum Gasteiger partial charge on any atom is -0.462 e. The summed E-state index contributed by atoms with van der Waals surface area (Å²) in [4.78, 5) is 41.3. The summed E-state index contributed by atoms with van der Waals surface area (Å²) in [7, 11) is 0. The van der Waals surface area contributed by atoms with Crippen molar-refractivity contribution >= 4 is 23.5 Å². The summed E-state index contributed by atoms with van der Waals surface area (Å²) >= 11 is 0. The van der Waals surface area contributed by atoms with E-state index in [2.05, 4.69) is 5.92 Å². The minimum atomic E-state index is -1.89. The Labute approximate surface area is 174 Å². The molecule has 3 rings (SSSR count). The molecule has 1 aromatic rings. The maximum atomic E-state index is 13.9. The van der Waals surface area contributed by atoms with Crippen LogP contribution in [0.4, 0.5) is 5.69 Å². The molecule has 2 aliphatic heterocycles. The van der Waals surface area contributed by atoms with Crippen molar-refractivity contribution in [3.8, 4) is 12.3 Å². The number of fused-ring (bicyclic) bond motifs is 2. The fourth-order valence-electron chi connectivity index (χ4n) is 3.98. The molecule has 2 aliphatic rings. The van der Waals surface area contributed by atoms with Crippen LogP contribution in [0.2, 0.25) is 0 Å². The van der Waals surface area contributed by atoms with Crippen LogP contribution in [0.3, 0.4) is 0 Å². The third-order valence-electron chi connectivity index (χ3n) is 4.98. The smallest absolute Gasteiger partial charge is 0.341 e. The molecule has 2 N–H and O–H groups in total. The molecule has 0 radical (unpaired) electrons. The number of hydrogen-bond acceptors (Lipinski definition) is 7. The molecular weight excluding hydrogens is 388 g/mol. The molecule has 1 spiro atoms. The molecule has 0 saturated heterocycles. The Kier molecular flexibility index (Phi) is 5.56. The van der Waals surface area contributed by atoms with Gasteiger partial charge >= 0.3 is 11.9 Å². The second-order valence-electron chi connectivity index (χ2n) is 6.58. The van der Waals surface area contributed by atoms with E-state index < -0.39 is 23.3 Å². The Bertz CT molecular complexity index is 990. The number of esters is 2. The topological polar surface area (TPSA) is 108 Å². The fourth-order valence-corrected chi connectivity index (χ4v) is 3.98. The van der Waals surface area contributed by atoms with Gasteiger partial charge in [-0.1, -0.05) is 24.1 Å². The highest BCUT2D eigenvalue weighted by molar-refractivity contribution is 6.22. The van der Waals surface area contributed by atoms with Gasteiger partial charge in [0.15, 0.2) is 0 Å². The van der Waals surface area contributed by atoms with Crippen LogP contribution in [0.1, 0.15) is 26.3 Å². The van der Waals surface area contributed by atoms with Crippen LogP contribution in [0.15, 0.2) is 47.1 Å². The minimum absolute atomic E-state index is 0.0348. The molecule has 30 heavy (non-hydrogen) atoms. The molecule has 8 heteroatoms. The first-order valence-corrected chi connectivity index (χ1v) is 9.44. The van der Waals surface area contributed by atoms with E-state index in [0.29, 0.717) is 11.3 Å². The second-order valence-corrected chi connectivity index (χ2v) is 6.58. The number of carbonyl (C=O) groups is 3. The number of carbonyl (C=O) groups excluding carboxylic acids is 3. The summed E-state index contributed by atoms with van der Waals surface area (Å²) in [5.41, 5.74) is 4.65. The van der Waals surface area contributed by atoms with Crippen molar-refractivity contribution in [3.05, 3.63) is 52.6 Å². The number of hydrogen-bond donors (Lipinski definition) is 1. The summed E-state index contributed by atoms with van der Waals surface area (Å²) in [5, 5.41) is 0. The number of anilines is 1. The number of rotatable bonds is 5. The van der Waals surface area contributed by atoms with Gasteiger partial charge in [-0.3, -0.25) is 9.69 Å². The van der Waals surface area contributed by atoms with Crippen LogP contribution < -0.4 is 10.6 Å². The molecule has 0 aliphatic carbocycles. The molecule has 1 atom stereocenters. The third kappa shape index (κ3) is 2.82. The summed E-state index contributed by atoms with van der Waals surface area (Å²) in [6.07, 6.45) is 5.48. The first-order valence-electron chi connectivity index (χ1n) is 9.44. The molecule has 2 heterocycles. The van der Waals surface area contributed by atoms with E-state index in [0.717, 1.165) is 0 Å². The van der Waals surface area contributed by atoms with Gasteiger partial charge in [0.05, 0.1) is 19.8 Å². The fraction of sp³-hybridized carbons (Fsp3) is 0.318. The van der Waals surface area contributed by atoms with Crippen LogP contribution in [0, 0.1) is 12.3 Å². The van der Waals surface area contributed by atoms with Gasteiger partial charge in [0.25, 0.3) is 0 Å². The van der Waals surface area contributed by atoms with E-state index in [1.165, 1.54) is 11.8 Å². The molecule has 0 fully saturated rings. The number of benzene rings is 1. The Morgan fingerprint density at radius 3 is 2.37 bits per heavy atom. The van der Waals surface area contributed by atoms with Crippen LogP contribution in [-0.4, -0.2) is 37.6 Å². The monoisotopic (exact) mass is 410 g/mol. The van der Waals surface area contributed by atoms with Crippen LogP contribution in [0.5, 0.6) is 0 Å². The van der Waals surface area contributed by atoms with Crippen molar-refractivity contribution in [2.75, 3.05) is 24.7 Å². The van der Waals surface area contributed by atoms with Gasteiger partial charge in [-0.2, -0.15) is 0 Å². The molecular formula is C22H22N2O6. The van der Waals surface area contributed by atoms with E-state index in [1.807, 2.05) is 0 Å². The molecule has 156 valence electrons.